The molecule has 0 spiro atoms. The van der Waals surface area contributed by atoms with Gasteiger partial charge in [-0.1, -0.05) is 13.8 Å². The second kappa shape index (κ2) is 4.34. The fraction of sp³-hybridized carbons (Fsp3) is 0.933. The second-order valence-corrected chi connectivity index (χ2v) is 8.32. The van der Waals surface area contributed by atoms with Crippen molar-refractivity contribution in [3.8, 4) is 0 Å². The van der Waals surface area contributed by atoms with Crippen LogP contribution in [-0.2, 0) is 4.74 Å². The molecular formula is C15H27NO4. The molecule has 5 heteroatoms. The van der Waals surface area contributed by atoms with E-state index in [4.69, 9.17) is 4.74 Å². The lowest BCUT2D eigenvalue weighted by molar-refractivity contribution is -0.245. The topological polar surface area (TPSA) is 70.0 Å². The molecule has 1 heterocycles. The zero-order valence-corrected chi connectivity index (χ0v) is 13.2. The van der Waals surface area contributed by atoms with E-state index < -0.39 is 16.6 Å². The molecule has 2 aliphatic rings. The number of hydrogen-bond acceptors (Lipinski definition) is 4. The average Bonchev–Trinajstić information content (AvgIpc) is 2.09. The van der Waals surface area contributed by atoms with Crippen LogP contribution >= 0.6 is 0 Å². The Morgan fingerprint density at radius 2 is 1.75 bits per heavy atom. The third-order valence-corrected chi connectivity index (χ3v) is 4.47. The maximum atomic E-state index is 11.9. The lowest BCUT2D eigenvalue weighted by Gasteiger charge is -2.64. The first-order chi connectivity index (χ1) is 8.92. The van der Waals surface area contributed by atoms with E-state index in [0.717, 1.165) is 0 Å². The molecule has 2 fully saturated rings. The Bertz CT molecular complexity index is 397. The maximum Gasteiger partial charge on any atom is 0.410 e. The van der Waals surface area contributed by atoms with Gasteiger partial charge >= 0.3 is 6.09 Å². The molecule has 1 amide bonds. The van der Waals surface area contributed by atoms with E-state index in [0.29, 0.717) is 25.9 Å². The summed E-state index contributed by atoms with van der Waals surface area (Å²) in [5.41, 5.74) is -1.85. The van der Waals surface area contributed by atoms with E-state index >= 15 is 0 Å². The number of carbonyl (C=O) groups excluding carboxylic acids is 1. The van der Waals surface area contributed by atoms with E-state index in [1.807, 2.05) is 20.8 Å². The number of aliphatic hydroxyl groups is 2. The van der Waals surface area contributed by atoms with Gasteiger partial charge in [-0.2, -0.15) is 0 Å². The number of nitrogens with zero attached hydrogens (tertiary/aromatic N) is 1. The van der Waals surface area contributed by atoms with Gasteiger partial charge in [-0.25, -0.2) is 4.79 Å². The van der Waals surface area contributed by atoms with Crippen LogP contribution in [0.1, 0.15) is 47.5 Å². The Kier molecular flexibility index (Phi) is 3.38. The summed E-state index contributed by atoms with van der Waals surface area (Å²) in [4.78, 5) is 13.5. The molecule has 2 N–H and O–H groups in total. The van der Waals surface area contributed by atoms with E-state index in [2.05, 4.69) is 13.8 Å². The maximum absolute atomic E-state index is 11.9. The quantitative estimate of drug-likeness (QED) is 0.811. The predicted molar refractivity (Wildman–Crippen MR) is 75.3 cm³/mol. The first kappa shape index (κ1) is 15.6. The molecule has 2 rings (SSSR count). The van der Waals surface area contributed by atoms with Crippen LogP contribution < -0.4 is 0 Å². The summed E-state index contributed by atoms with van der Waals surface area (Å²) in [6.45, 7) is 10.3. The van der Waals surface area contributed by atoms with E-state index in [1.165, 1.54) is 0 Å². The minimum atomic E-state index is -0.857. The molecule has 1 aliphatic carbocycles. The third-order valence-electron chi connectivity index (χ3n) is 4.47. The van der Waals surface area contributed by atoms with Gasteiger partial charge < -0.3 is 19.8 Å². The van der Waals surface area contributed by atoms with Crippen LogP contribution in [0.25, 0.3) is 0 Å². The zero-order valence-electron chi connectivity index (χ0n) is 13.2. The minimum absolute atomic E-state index is 0.0983. The summed E-state index contributed by atoms with van der Waals surface area (Å²) >= 11 is 0. The molecule has 20 heavy (non-hydrogen) atoms. The Balaban J connectivity index is 1.97. The fourth-order valence-electron chi connectivity index (χ4n) is 3.59. The van der Waals surface area contributed by atoms with Gasteiger partial charge in [0, 0.05) is 13.1 Å². The molecule has 0 aromatic rings. The predicted octanol–water partition coefficient (Wildman–Crippen LogP) is 1.77. The number of ether oxygens (including phenoxy) is 1. The van der Waals surface area contributed by atoms with Gasteiger partial charge in [0.15, 0.2) is 0 Å². The van der Waals surface area contributed by atoms with Crippen molar-refractivity contribution in [3.05, 3.63) is 0 Å². The monoisotopic (exact) mass is 285 g/mol. The van der Waals surface area contributed by atoms with Gasteiger partial charge in [-0.15, -0.1) is 0 Å². The second-order valence-electron chi connectivity index (χ2n) is 8.32. The zero-order chi connectivity index (χ0) is 15.4. The van der Waals surface area contributed by atoms with Crippen LogP contribution in [0.4, 0.5) is 4.79 Å². The van der Waals surface area contributed by atoms with Crippen molar-refractivity contribution in [1.29, 1.82) is 0 Å². The van der Waals surface area contributed by atoms with Crippen LogP contribution in [0.15, 0.2) is 0 Å². The average molecular weight is 285 g/mol. The minimum Gasteiger partial charge on any atom is -0.444 e. The van der Waals surface area contributed by atoms with Gasteiger partial charge in [0.1, 0.15) is 5.60 Å². The van der Waals surface area contributed by atoms with Gasteiger partial charge in [0.25, 0.3) is 0 Å². The Morgan fingerprint density at radius 3 is 2.10 bits per heavy atom. The summed E-state index contributed by atoms with van der Waals surface area (Å²) in [7, 11) is 0. The lowest BCUT2D eigenvalue weighted by atomic mass is 9.49. The summed E-state index contributed by atoms with van der Waals surface area (Å²) in [5.74, 6) is 0. The van der Waals surface area contributed by atoms with Crippen LogP contribution in [0.3, 0.4) is 0 Å². The SMILES string of the molecule is CC1(C)CC(O)(C2(CO)CN(C(=O)OC(C)(C)C)C2)C1. The van der Waals surface area contributed by atoms with E-state index in [-0.39, 0.29) is 18.1 Å². The van der Waals surface area contributed by atoms with Crippen molar-refractivity contribution in [3.63, 3.8) is 0 Å². The number of aliphatic hydroxyl groups excluding tert-OH is 1. The number of carbonyl (C=O) groups is 1. The molecule has 1 saturated heterocycles. The van der Waals surface area contributed by atoms with Gasteiger partial charge in [0.05, 0.1) is 17.6 Å². The molecule has 5 nitrogen and oxygen atoms in total. The number of rotatable bonds is 2. The molecule has 0 atom stereocenters. The lowest BCUT2D eigenvalue weighted by Crippen LogP contribution is -2.74. The smallest absolute Gasteiger partial charge is 0.410 e. The molecule has 0 aromatic heterocycles. The Labute approximate surface area is 120 Å². The van der Waals surface area contributed by atoms with Gasteiger partial charge in [-0.05, 0) is 39.0 Å². The summed E-state index contributed by atoms with van der Waals surface area (Å²) < 4.78 is 5.31. The summed E-state index contributed by atoms with van der Waals surface area (Å²) in [6.07, 6.45) is 0.967. The number of likely N-dealkylation sites (tertiary alicyclic amines) is 1. The normalized spacial score (nSPS) is 26.4. The van der Waals surface area contributed by atoms with Crippen LogP contribution in [0.5, 0.6) is 0 Å². The van der Waals surface area contributed by atoms with Crippen molar-refractivity contribution in [2.45, 2.75) is 58.7 Å². The van der Waals surface area contributed by atoms with Gasteiger partial charge in [-0.3, -0.25) is 0 Å². The van der Waals surface area contributed by atoms with E-state index in [9.17, 15) is 15.0 Å². The molecule has 0 aromatic carbocycles. The molecular weight excluding hydrogens is 258 g/mol. The Morgan fingerprint density at radius 1 is 1.25 bits per heavy atom. The molecule has 1 aliphatic heterocycles. The Hall–Kier alpha value is -0.810. The highest BCUT2D eigenvalue weighted by Crippen LogP contribution is 2.58. The van der Waals surface area contributed by atoms with Crippen molar-refractivity contribution >= 4 is 6.09 Å². The van der Waals surface area contributed by atoms with Crippen LogP contribution in [0.2, 0.25) is 0 Å². The first-order valence-corrected chi connectivity index (χ1v) is 7.23. The van der Waals surface area contributed by atoms with Crippen molar-refractivity contribution in [2.24, 2.45) is 10.8 Å². The summed E-state index contributed by atoms with van der Waals surface area (Å²) in [6, 6.07) is 0. The third kappa shape index (κ3) is 2.53. The highest BCUT2D eigenvalue weighted by Gasteiger charge is 2.65. The van der Waals surface area contributed by atoms with Crippen molar-refractivity contribution < 1.29 is 19.7 Å². The number of amides is 1. The van der Waals surface area contributed by atoms with Crippen LogP contribution in [-0.4, -0.2) is 52.1 Å². The molecule has 0 unspecified atom stereocenters. The standard InChI is InChI=1S/C15H27NO4/c1-12(2,3)20-11(18)16-8-14(9-16,10-17)15(19)6-13(4,5)7-15/h17,19H,6-10H2,1-5H3. The molecule has 116 valence electrons. The molecule has 0 radical (unpaired) electrons. The van der Waals surface area contributed by atoms with Crippen LogP contribution in [0, 0.1) is 10.8 Å². The van der Waals surface area contributed by atoms with E-state index in [1.54, 1.807) is 4.90 Å². The highest BCUT2D eigenvalue weighted by molar-refractivity contribution is 5.69. The van der Waals surface area contributed by atoms with Gasteiger partial charge in [0.2, 0.25) is 0 Å². The van der Waals surface area contributed by atoms with Crippen molar-refractivity contribution in [1.82, 2.24) is 4.90 Å². The number of hydrogen-bond donors (Lipinski definition) is 2. The largest absolute Gasteiger partial charge is 0.444 e. The fourth-order valence-corrected chi connectivity index (χ4v) is 3.59. The first-order valence-electron chi connectivity index (χ1n) is 7.23. The summed E-state index contributed by atoms with van der Waals surface area (Å²) in [5, 5.41) is 20.4. The highest BCUT2D eigenvalue weighted by atomic mass is 16.6. The molecule has 1 saturated carbocycles. The van der Waals surface area contributed by atoms with Crippen molar-refractivity contribution in [2.75, 3.05) is 19.7 Å². The molecule has 0 bridgehead atoms.